The highest BCUT2D eigenvalue weighted by atomic mass is 35.5. The number of benzene rings is 2. The van der Waals surface area contributed by atoms with Gasteiger partial charge in [-0.05, 0) is 48.5 Å². The predicted molar refractivity (Wildman–Crippen MR) is 103 cm³/mol. The van der Waals surface area contributed by atoms with Gasteiger partial charge in [-0.15, -0.1) is 0 Å². The summed E-state index contributed by atoms with van der Waals surface area (Å²) in [5.74, 6) is -0.181. The largest absolute Gasteiger partial charge is 0.351 e. The normalized spacial score (nSPS) is 14.0. The quantitative estimate of drug-likeness (QED) is 0.847. The number of hydrogen-bond acceptors (Lipinski definition) is 3. The first kappa shape index (κ1) is 18.7. The van der Waals surface area contributed by atoms with Crippen LogP contribution in [0, 0.1) is 0 Å². The number of amides is 4. The SMILES string of the molecule is NC(=O)Nc1ccc(C(=O)N2CCN(C(=O)c3ccc(Cl)cc3)CC2)cc1. The van der Waals surface area contributed by atoms with Crippen molar-refractivity contribution in [2.75, 3.05) is 31.5 Å². The second-order valence-electron chi connectivity index (χ2n) is 6.16. The minimum Gasteiger partial charge on any atom is -0.351 e. The zero-order valence-electron chi connectivity index (χ0n) is 14.5. The summed E-state index contributed by atoms with van der Waals surface area (Å²) in [6.07, 6.45) is 0. The van der Waals surface area contributed by atoms with E-state index in [1.54, 1.807) is 58.3 Å². The zero-order chi connectivity index (χ0) is 19.4. The molecule has 1 aliphatic heterocycles. The Labute approximate surface area is 161 Å². The molecular formula is C19H19ClN4O3. The van der Waals surface area contributed by atoms with Crippen LogP contribution in [0.5, 0.6) is 0 Å². The Hall–Kier alpha value is -3.06. The van der Waals surface area contributed by atoms with Gasteiger partial charge in [0.15, 0.2) is 0 Å². The maximum absolute atomic E-state index is 12.6. The van der Waals surface area contributed by atoms with Crippen LogP contribution in [0.3, 0.4) is 0 Å². The molecule has 0 atom stereocenters. The van der Waals surface area contributed by atoms with Crippen molar-refractivity contribution in [2.24, 2.45) is 5.73 Å². The number of piperazine rings is 1. The molecule has 2 aromatic rings. The van der Waals surface area contributed by atoms with E-state index >= 15 is 0 Å². The molecule has 4 amide bonds. The highest BCUT2D eigenvalue weighted by Gasteiger charge is 2.25. The van der Waals surface area contributed by atoms with Gasteiger partial charge in [0, 0.05) is 48.0 Å². The number of nitrogens with two attached hydrogens (primary N) is 1. The number of nitrogens with zero attached hydrogens (tertiary/aromatic N) is 2. The number of rotatable bonds is 3. The molecule has 0 spiro atoms. The third-order valence-corrected chi connectivity index (χ3v) is 4.60. The number of primary amides is 1. The molecule has 1 aliphatic rings. The highest BCUT2D eigenvalue weighted by molar-refractivity contribution is 6.30. The van der Waals surface area contributed by atoms with Crippen molar-refractivity contribution in [3.05, 3.63) is 64.7 Å². The van der Waals surface area contributed by atoms with Crippen LogP contribution < -0.4 is 11.1 Å². The first-order chi connectivity index (χ1) is 12.9. The summed E-state index contributed by atoms with van der Waals surface area (Å²) in [7, 11) is 0. The molecule has 0 unspecified atom stereocenters. The number of carbonyl (C=O) groups excluding carboxylic acids is 3. The Balaban J connectivity index is 1.58. The van der Waals surface area contributed by atoms with Gasteiger partial charge in [-0.3, -0.25) is 9.59 Å². The topological polar surface area (TPSA) is 95.7 Å². The summed E-state index contributed by atoms with van der Waals surface area (Å²) in [6, 6.07) is 12.6. The van der Waals surface area contributed by atoms with Crippen LogP contribution in [0.4, 0.5) is 10.5 Å². The molecule has 1 saturated heterocycles. The Morgan fingerprint density at radius 2 is 1.19 bits per heavy atom. The average molecular weight is 387 g/mol. The van der Waals surface area contributed by atoms with Gasteiger partial charge in [-0.25, -0.2) is 4.79 Å². The summed E-state index contributed by atoms with van der Waals surface area (Å²) < 4.78 is 0. The van der Waals surface area contributed by atoms with E-state index in [9.17, 15) is 14.4 Å². The molecule has 7 nitrogen and oxygen atoms in total. The molecule has 1 fully saturated rings. The van der Waals surface area contributed by atoms with Crippen LogP contribution in [0.25, 0.3) is 0 Å². The fourth-order valence-electron chi connectivity index (χ4n) is 2.91. The van der Waals surface area contributed by atoms with E-state index in [2.05, 4.69) is 5.32 Å². The lowest BCUT2D eigenvalue weighted by molar-refractivity contribution is 0.0535. The molecule has 0 radical (unpaired) electrons. The minimum absolute atomic E-state index is 0.0688. The van der Waals surface area contributed by atoms with Crippen molar-refractivity contribution in [3.63, 3.8) is 0 Å². The lowest BCUT2D eigenvalue weighted by Crippen LogP contribution is -2.50. The van der Waals surface area contributed by atoms with Gasteiger partial charge in [0.2, 0.25) is 0 Å². The van der Waals surface area contributed by atoms with E-state index in [1.165, 1.54) is 0 Å². The van der Waals surface area contributed by atoms with Crippen LogP contribution in [-0.2, 0) is 0 Å². The van der Waals surface area contributed by atoms with E-state index in [1.807, 2.05) is 0 Å². The number of nitrogens with one attached hydrogen (secondary N) is 1. The molecule has 8 heteroatoms. The monoisotopic (exact) mass is 386 g/mol. The van der Waals surface area contributed by atoms with Crippen LogP contribution in [0.15, 0.2) is 48.5 Å². The zero-order valence-corrected chi connectivity index (χ0v) is 15.3. The van der Waals surface area contributed by atoms with Crippen molar-refractivity contribution >= 4 is 35.1 Å². The van der Waals surface area contributed by atoms with E-state index in [0.717, 1.165) is 0 Å². The molecule has 3 N–H and O–H groups in total. The minimum atomic E-state index is -0.657. The summed E-state index contributed by atoms with van der Waals surface area (Å²) in [4.78, 5) is 39.4. The number of halogens is 1. The van der Waals surface area contributed by atoms with E-state index in [-0.39, 0.29) is 11.8 Å². The highest BCUT2D eigenvalue weighted by Crippen LogP contribution is 2.15. The Kier molecular flexibility index (Phi) is 5.61. The number of anilines is 1. The molecule has 3 rings (SSSR count). The Morgan fingerprint density at radius 1 is 0.778 bits per heavy atom. The maximum Gasteiger partial charge on any atom is 0.316 e. The lowest BCUT2D eigenvalue weighted by atomic mass is 10.1. The van der Waals surface area contributed by atoms with Gasteiger partial charge < -0.3 is 20.9 Å². The predicted octanol–water partition coefficient (Wildman–Crippen LogP) is 2.43. The van der Waals surface area contributed by atoms with E-state index in [4.69, 9.17) is 17.3 Å². The van der Waals surface area contributed by atoms with Crippen molar-refractivity contribution in [3.8, 4) is 0 Å². The molecule has 140 valence electrons. The first-order valence-electron chi connectivity index (χ1n) is 8.44. The summed E-state index contributed by atoms with van der Waals surface area (Å²) in [5, 5.41) is 3.03. The number of urea groups is 1. The molecular weight excluding hydrogens is 368 g/mol. The molecule has 0 aliphatic carbocycles. The first-order valence-corrected chi connectivity index (χ1v) is 8.82. The number of carbonyl (C=O) groups is 3. The molecule has 0 saturated carbocycles. The summed E-state index contributed by atoms with van der Waals surface area (Å²) in [6.45, 7) is 1.85. The van der Waals surface area contributed by atoms with Crippen LogP contribution >= 0.6 is 11.6 Å². The Bertz CT molecular complexity index is 844. The average Bonchev–Trinajstić information content (AvgIpc) is 2.68. The van der Waals surface area contributed by atoms with Gasteiger partial charge in [-0.1, -0.05) is 11.6 Å². The summed E-state index contributed by atoms with van der Waals surface area (Å²) >= 11 is 5.85. The van der Waals surface area contributed by atoms with Crippen LogP contribution in [-0.4, -0.2) is 53.8 Å². The fourth-order valence-corrected chi connectivity index (χ4v) is 3.03. The van der Waals surface area contributed by atoms with Gasteiger partial charge in [0.25, 0.3) is 11.8 Å². The standard InChI is InChI=1S/C19H19ClN4O3/c20-15-5-1-13(2-6-15)17(25)23-9-11-24(12-10-23)18(26)14-3-7-16(8-4-14)22-19(21)27/h1-8H,9-12H2,(H3,21,22,27). The van der Waals surface area contributed by atoms with Gasteiger partial charge >= 0.3 is 6.03 Å². The van der Waals surface area contributed by atoms with Crippen molar-refractivity contribution in [1.29, 1.82) is 0 Å². The van der Waals surface area contributed by atoms with Crippen LogP contribution in [0.2, 0.25) is 5.02 Å². The van der Waals surface area contributed by atoms with Gasteiger partial charge in [-0.2, -0.15) is 0 Å². The second-order valence-corrected chi connectivity index (χ2v) is 6.59. The Morgan fingerprint density at radius 3 is 1.59 bits per heavy atom. The molecule has 1 heterocycles. The third-order valence-electron chi connectivity index (χ3n) is 4.34. The molecule has 0 aromatic heterocycles. The third kappa shape index (κ3) is 4.57. The van der Waals surface area contributed by atoms with E-state index < -0.39 is 6.03 Å². The van der Waals surface area contributed by atoms with Gasteiger partial charge in [0.05, 0.1) is 0 Å². The smallest absolute Gasteiger partial charge is 0.316 e. The van der Waals surface area contributed by atoms with Crippen molar-refractivity contribution in [2.45, 2.75) is 0 Å². The number of hydrogen-bond donors (Lipinski definition) is 2. The molecule has 0 bridgehead atoms. The fraction of sp³-hybridized carbons (Fsp3) is 0.211. The van der Waals surface area contributed by atoms with Crippen molar-refractivity contribution < 1.29 is 14.4 Å². The summed E-state index contributed by atoms with van der Waals surface area (Å²) in [5.41, 5.74) is 6.68. The maximum atomic E-state index is 12.6. The molecule has 27 heavy (non-hydrogen) atoms. The van der Waals surface area contributed by atoms with E-state index in [0.29, 0.717) is 48.0 Å². The molecule has 2 aromatic carbocycles. The lowest BCUT2D eigenvalue weighted by Gasteiger charge is -2.35. The van der Waals surface area contributed by atoms with Gasteiger partial charge in [0.1, 0.15) is 0 Å². The van der Waals surface area contributed by atoms with Crippen molar-refractivity contribution in [1.82, 2.24) is 9.80 Å². The van der Waals surface area contributed by atoms with Crippen LogP contribution in [0.1, 0.15) is 20.7 Å². The second kappa shape index (κ2) is 8.09.